The minimum Gasteiger partial charge on any atom is -0.377 e. The molecule has 0 aromatic rings. The average Bonchev–Trinajstić information content (AvgIpc) is 2.01. The highest BCUT2D eigenvalue weighted by atomic mass is 16.5. The van der Waals surface area contributed by atoms with Crippen LogP contribution >= 0.6 is 0 Å². The molecule has 0 spiro atoms. The quantitative estimate of drug-likeness (QED) is 0.558. The summed E-state index contributed by atoms with van der Waals surface area (Å²) in [5.41, 5.74) is 0. The molecule has 0 radical (unpaired) electrons. The summed E-state index contributed by atoms with van der Waals surface area (Å²) in [5.74, 6) is 0. The van der Waals surface area contributed by atoms with E-state index >= 15 is 0 Å². The molecular weight excluding hydrogens is 164 g/mol. The summed E-state index contributed by atoms with van der Waals surface area (Å²) in [6, 6.07) is 0.578. The molecule has 0 saturated carbocycles. The third-order valence-electron chi connectivity index (χ3n) is 1.58. The highest BCUT2D eigenvalue weighted by Crippen LogP contribution is 1.84. The van der Waals surface area contributed by atoms with Gasteiger partial charge in [0, 0.05) is 25.7 Å². The molecule has 0 saturated heterocycles. The molecule has 0 heterocycles. The van der Waals surface area contributed by atoms with Crippen molar-refractivity contribution in [2.24, 2.45) is 0 Å². The van der Waals surface area contributed by atoms with E-state index in [2.05, 4.69) is 38.3 Å². The fourth-order valence-corrected chi connectivity index (χ4v) is 0.941. The highest BCUT2D eigenvalue weighted by molar-refractivity contribution is 4.55. The Labute approximate surface area is 82.2 Å². The van der Waals surface area contributed by atoms with Crippen molar-refractivity contribution >= 4 is 0 Å². The molecule has 13 heavy (non-hydrogen) atoms. The Morgan fingerprint density at radius 3 is 2.23 bits per heavy atom. The van der Waals surface area contributed by atoms with E-state index in [1.807, 2.05) is 0 Å². The van der Waals surface area contributed by atoms with Crippen LogP contribution < -0.4 is 10.6 Å². The molecule has 0 aliphatic carbocycles. The van der Waals surface area contributed by atoms with E-state index in [-0.39, 0.29) is 0 Å². The maximum absolute atomic E-state index is 5.39. The van der Waals surface area contributed by atoms with Crippen LogP contribution in [0.15, 0.2) is 0 Å². The number of rotatable bonds is 8. The molecule has 3 heteroatoms. The number of hydrogen-bond acceptors (Lipinski definition) is 3. The first-order valence-electron chi connectivity index (χ1n) is 5.18. The molecule has 0 aromatic heterocycles. The Morgan fingerprint density at radius 2 is 1.69 bits per heavy atom. The molecular formula is C10H24N2O. The van der Waals surface area contributed by atoms with Crippen molar-refractivity contribution in [1.29, 1.82) is 0 Å². The second kappa shape index (κ2) is 8.48. The molecule has 3 nitrogen and oxygen atoms in total. The average molecular weight is 188 g/mol. The van der Waals surface area contributed by atoms with Crippen LogP contribution in [0, 0.1) is 0 Å². The molecule has 0 rings (SSSR count). The van der Waals surface area contributed by atoms with Gasteiger partial charge >= 0.3 is 0 Å². The lowest BCUT2D eigenvalue weighted by Crippen LogP contribution is -2.33. The summed E-state index contributed by atoms with van der Waals surface area (Å²) in [5, 5.41) is 6.65. The molecule has 0 aromatic carbocycles. The van der Waals surface area contributed by atoms with Gasteiger partial charge in [0.1, 0.15) is 0 Å². The molecule has 0 amide bonds. The molecule has 0 atom stereocenters. The van der Waals surface area contributed by atoms with Gasteiger partial charge in [-0.05, 0) is 13.8 Å². The van der Waals surface area contributed by atoms with Gasteiger partial charge in [0.2, 0.25) is 0 Å². The molecule has 0 aliphatic rings. The Bertz CT molecular complexity index is 93.1. The van der Waals surface area contributed by atoms with Crippen molar-refractivity contribution < 1.29 is 4.74 Å². The summed E-state index contributed by atoms with van der Waals surface area (Å²) >= 11 is 0. The highest BCUT2D eigenvalue weighted by Gasteiger charge is 1.93. The van der Waals surface area contributed by atoms with Crippen LogP contribution in [-0.4, -0.2) is 38.4 Å². The maximum Gasteiger partial charge on any atom is 0.0594 e. The van der Waals surface area contributed by atoms with Gasteiger partial charge in [0.05, 0.1) is 12.7 Å². The summed E-state index contributed by atoms with van der Waals surface area (Å²) in [7, 11) is 0. The van der Waals surface area contributed by atoms with Crippen LogP contribution in [0.1, 0.15) is 27.7 Å². The van der Waals surface area contributed by atoms with Crippen molar-refractivity contribution in [3.05, 3.63) is 0 Å². The van der Waals surface area contributed by atoms with Crippen molar-refractivity contribution in [3.8, 4) is 0 Å². The molecule has 2 N–H and O–H groups in total. The molecule has 0 aliphatic heterocycles. The predicted octanol–water partition coefficient (Wildman–Crippen LogP) is 0.999. The SMILES string of the molecule is CC(C)NCCNCCOC(C)C. The lowest BCUT2D eigenvalue weighted by Gasteiger charge is -2.10. The lowest BCUT2D eigenvalue weighted by molar-refractivity contribution is 0.0809. The van der Waals surface area contributed by atoms with E-state index in [9.17, 15) is 0 Å². The number of ether oxygens (including phenoxy) is 1. The second-order valence-corrected chi connectivity index (χ2v) is 3.78. The molecule has 0 unspecified atom stereocenters. The van der Waals surface area contributed by atoms with Crippen LogP contribution in [0.4, 0.5) is 0 Å². The van der Waals surface area contributed by atoms with Gasteiger partial charge in [-0.2, -0.15) is 0 Å². The topological polar surface area (TPSA) is 33.3 Å². The van der Waals surface area contributed by atoms with Gasteiger partial charge in [0.25, 0.3) is 0 Å². The van der Waals surface area contributed by atoms with E-state index in [4.69, 9.17) is 4.74 Å². The smallest absolute Gasteiger partial charge is 0.0594 e. The van der Waals surface area contributed by atoms with Crippen molar-refractivity contribution in [3.63, 3.8) is 0 Å². The van der Waals surface area contributed by atoms with Gasteiger partial charge in [0.15, 0.2) is 0 Å². The zero-order valence-electron chi connectivity index (χ0n) is 9.39. The standard InChI is InChI=1S/C10H24N2O/c1-9(2)12-6-5-11-7-8-13-10(3)4/h9-12H,5-8H2,1-4H3. The zero-order chi connectivity index (χ0) is 10.1. The Balaban J connectivity index is 2.92. The summed E-state index contributed by atoms with van der Waals surface area (Å²) in [6.45, 7) is 12.2. The summed E-state index contributed by atoms with van der Waals surface area (Å²) in [4.78, 5) is 0. The van der Waals surface area contributed by atoms with Gasteiger partial charge in [-0.1, -0.05) is 13.8 Å². The van der Waals surface area contributed by atoms with E-state index in [1.54, 1.807) is 0 Å². The second-order valence-electron chi connectivity index (χ2n) is 3.78. The predicted molar refractivity (Wildman–Crippen MR) is 57.1 cm³/mol. The van der Waals surface area contributed by atoms with Crippen molar-refractivity contribution in [2.75, 3.05) is 26.2 Å². The number of hydrogen-bond donors (Lipinski definition) is 2. The Kier molecular flexibility index (Phi) is 8.40. The summed E-state index contributed by atoms with van der Waals surface area (Å²) < 4.78 is 5.39. The van der Waals surface area contributed by atoms with Gasteiger partial charge in [-0.25, -0.2) is 0 Å². The Hall–Kier alpha value is -0.120. The van der Waals surface area contributed by atoms with Crippen LogP contribution in [-0.2, 0) is 4.74 Å². The van der Waals surface area contributed by atoms with Crippen LogP contribution in [0.2, 0.25) is 0 Å². The first kappa shape index (κ1) is 12.9. The van der Waals surface area contributed by atoms with E-state index < -0.39 is 0 Å². The van der Waals surface area contributed by atoms with E-state index in [0.29, 0.717) is 12.1 Å². The third-order valence-corrected chi connectivity index (χ3v) is 1.58. The van der Waals surface area contributed by atoms with Crippen molar-refractivity contribution in [2.45, 2.75) is 39.8 Å². The van der Waals surface area contributed by atoms with Crippen LogP contribution in [0.25, 0.3) is 0 Å². The maximum atomic E-state index is 5.39. The fourth-order valence-electron chi connectivity index (χ4n) is 0.941. The fraction of sp³-hybridized carbons (Fsp3) is 1.00. The zero-order valence-corrected chi connectivity index (χ0v) is 9.39. The Morgan fingerprint density at radius 1 is 1.00 bits per heavy atom. The van der Waals surface area contributed by atoms with Crippen LogP contribution in [0.5, 0.6) is 0 Å². The van der Waals surface area contributed by atoms with E-state index in [0.717, 1.165) is 26.2 Å². The van der Waals surface area contributed by atoms with Crippen LogP contribution in [0.3, 0.4) is 0 Å². The first-order valence-corrected chi connectivity index (χ1v) is 5.18. The molecule has 0 fully saturated rings. The first-order chi connectivity index (χ1) is 6.13. The third kappa shape index (κ3) is 11.9. The molecule has 80 valence electrons. The summed E-state index contributed by atoms with van der Waals surface area (Å²) in [6.07, 6.45) is 0.343. The minimum absolute atomic E-state index is 0.343. The van der Waals surface area contributed by atoms with Gasteiger partial charge in [-0.15, -0.1) is 0 Å². The molecule has 0 bridgehead atoms. The largest absolute Gasteiger partial charge is 0.377 e. The minimum atomic E-state index is 0.343. The van der Waals surface area contributed by atoms with Crippen molar-refractivity contribution in [1.82, 2.24) is 10.6 Å². The van der Waals surface area contributed by atoms with Gasteiger partial charge in [-0.3, -0.25) is 0 Å². The van der Waals surface area contributed by atoms with E-state index in [1.165, 1.54) is 0 Å². The lowest BCUT2D eigenvalue weighted by atomic mass is 10.4. The number of nitrogens with one attached hydrogen (secondary N) is 2. The normalized spacial score (nSPS) is 11.5. The van der Waals surface area contributed by atoms with Gasteiger partial charge < -0.3 is 15.4 Å². The monoisotopic (exact) mass is 188 g/mol.